The highest BCUT2D eigenvalue weighted by molar-refractivity contribution is 5.94. The van der Waals surface area contributed by atoms with Crippen molar-refractivity contribution in [3.05, 3.63) is 88.5 Å². The van der Waals surface area contributed by atoms with E-state index >= 15 is 0 Å². The number of pyridine rings is 1. The van der Waals surface area contributed by atoms with Gasteiger partial charge in [-0.15, -0.1) is 0 Å². The zero-order valence-corrected chi connectivity index (χ0v) is 19.5. The van der Waals surface area contributed by atoms with Crippen molar-refractivity contribution in [1.82, 2.24) is 4.98 Å². The molecule has 0 radical (unpaired) electrons. The maximum Gasteiger partial charge on any atom is 0.0715 e. The topological polar surface area (TPSA) is 12.9 Å². The van der Waals surface area contributed by atoms with Crippen LogP contribution in [0.25, 0.3) is 33.3 Å². The van der Waals surface area contributed by atoms with Gasteiger partial charge in [-0.1, -0.05) is 69.7 Å². The highest BCUT2D eigenvalue weighted by Gasteiger charge is 2.35. The number of aryl methyl sites for hydroxylation is 2. The molecule has 0 N–H and O–H groups in total. The standard InChI is InChI=1S/C30H31N/c1-18(2)13-21-15-28(23-14-19(3)11-12-20(23)4)31-29-17-27-25(16-24(21)29)22-9-7-8-10-26(22)30(27,5)6/h7-12,14-18H,13H2,1-6H3. The van der Waals surface area contributed by atoms with Gasteiger partial charge in [-0.05, 0) is 83.8 Å². The summed E-state index contributed by atoms with van der Waals surface area (Å²) in [5, 5.41) is 1.30. The summed E-state index contributed by atoms with van der Waals surface area (Å²) in [6.07, 6.45) is 1.06. The third kappa shape index (κ3) is 3.19. The Labute approximate surface area is 186 Å². The minimum Gasteiger partial charge on any atom is -0.248 e. The van der Waals surface area contributed by atoms with Crippen molar-refractivity contribution in [2.24, 2.45) is 5.92 Å². The molecule has 31 heavy (non-hydrogen) atoms. The third-order valence-electron chi connectivity index (χ3n) is 6.89. The minimum absolute atomic E-state index is 0.00470. The van der Waals surface area contributed by atoms with Gasteiger partial charge in [0.25, 0.3) is 0 Å². The summed E-state index contributed by atoms with van der Waals surface area (Å²) in [5.74, 6) is 0.592. The first-order valence-corrected chi connectivity index (χ1v) is 11.4. The molecule has 0 fully saturated rings. The van der Waals surface area contributed by atoms with E-state index in [9.17, 15) is 0 Å². The molecule has 0 bridgehead atoms. The molecule has 1 heteroatoms. The Balaban J connectivity index is 1.81. The average molecular weight is 406 g/mol. The zero-order chi connectivity index (χ0) is 21.9. The summed E-state index contributed by atoms with van der Waals surface area (Å²) in [6, 6.07) is 22.6. The highest BCUT2D eigenvalue weighted by Crippen LogP contribution is 2.50. The Kier molecular flexibility index (Phi) is 4.55. The molecule has 4 aromatic rings. The third-order valence-corrected chi connectivity index (χ3v) is 6.89. The number of hydrogen-bond acceptors (Lipinski definition) is 1. The quantitative estimate of drug-likeness (QED) is 0.336. The van der Waals surface area contributed by atoms with E-state index in [1.807, 2.05) is 0 Å². The van der Waals surface area contributed by atoms with Crippen LogP contribution in [0.1, 0.15) is 55.5 Å². The predicted octanol–water partition coefficient (Wildman–Crippen LogP) is 8.02. The van der Waals surface area contributed by atoms with Crippen molar-refractivity contribution in [2.75, 3.05) is 0 Å². The zero-order valence-electron chi connectivity index (χ0n) is 19.5. The summed E-state index contributed by atoms with van der Waals surface area (Å²) in [7, 11) is 0. The van der Waals surface area contributed by atoms with Gasteiger partial charge < -0.3 is 0 Å². The van der Waals surface area contributed by atoms with Gasteiger partial charge in [-0.3, -0.25) is 0 Å². The van der Waals surface area contributed by atoms with Gasteiger partial charge in [-0.2, -0.15) is 0 Å². The molecule has 5 rings (SSSR count). The average Bonchev–Trinajstić information content (AvgIpc) is 2.95. The number of benzene rings is 3. The van der Waals surface area contributed by atoms with Crippen molar-refractivity contribution < 1.29 is 0 Å². The summed E-state index contributed by atoms with van der Waals surface area (Å²) >= 11 is 0. The van der Waals surface area contributed by atoms with E-state index < -0.39 is 0 Å². The van der Waals surface area contributed by atoms with Gasteiger partial charge in [0.15, 0.2) is 0 Å². The lowest BCUT2D eigenvalue weighted by Gasteiger charge is -2.22. The van der Waals surface area contributed by atoms with E-state index in [1.165, 1.54) is 49.9 Å². The fraction of sp³-hybridized carbons (Fsp3) is 0.300. The van der Waals surface area contributed by atoms with Gasteiger partial charge in [0.05, 0.1) is 11.2 Å². The first-order valence-electron chi connectivity index (χ1n) is 11.4. The van der Waals surface area contributed by atoms with Gasteiger partial charge >= 0.3 is 0 Å². The van der Waals surface area contributed by atoms with Crippen molar-refractivity contribution in [2.45, 2.75) is 53.4 Å². The van der Waals surface area contributed by atoms with Crippen LogP contribution in [-0.4, -0.2) is 4.98 Å². The highest BCUT2D eigenvalue weighted by atomic mass is 14.7. The monoisotopic (exact) mass is 405 g/mol. The number of hydrogen-bond donors (Lipinski definition) is 0. The molecule has 0 atom stereocenters. The summed E-state index contributed by atoms with van der Waals surface area (Å²) in [4.78, 5) is 5.22. The molecule has 0 amide bonds. The molecule has 1 nitrogen and oxygen atoms in total. The first kappa shape index (κ1) is 20.0. The van der Waals surface area contributed by atoms with Crippen molar-refractivity contribution in [3.8, 4) is 22.4 Å². The lowest BCUT2D eigenvalue weighted by molar-refractivity contribution is 0.649. The van der Waals surface area contributed by atoms with Gasteiger partial charge in [-0.25, -0.2) is 4.98 Å². The van der Waals surface area contributed by atoms with Crippen LogP contribution in [0.15, 0.2) is 60.7 Å². The fourth-order valence-electron chi connectivity index (χ4n) is 5.25. The largest absolute Gasteiger partial charge is 0.248 e. The molecule has 0 spiro atoms. The summed E-state index contributed by atoms with van der Waals surface area (Å²) < 4.78 is 0. The van der Waals surface area contributed by atoms with Crippen LogP contribution in [-0.2, 0) is 11.8 Å². The molecule has 0 saturated carbocycles. The predicted molar refractivity (Wildman–Crippen MR) is 133 cm³/mol. The van der Waals surface area contributed by atoms with Crippen LogP contribution in [0.5, 0.6) is 0 Å². The van der Waals surface area contributed by atoms with Crippen LogP contribution in [0.2, 0.25) is 0 Å². The molecular weight excluding hydrogens is 374 g/mol. The Morgan fingerprint density at radius 1 is 0.806 bits per heavy atom. The molecule has 0 saturated heterocycles. The molecule has 1 heterocycles. The molecule has 3 aromatic carbocycles. The van der Waals surface area contributed by atoms with Gasteiger partial charge in [0.1, 0.15) is 0 Å². The van der Waals surface area contributed by atoms with E-state index in [4.69, 9.17) is 4.98 Å². The maximum absolute atomic E-state index is 5.22. The van der Waals surface area contributed by atoms with Crippen LogP contribution in [0, 0.1) is 19.8 Å². The molecule has 0 aliphatic heterocycles. The van der Waals surface area contributed by atoms with E-state index in [0.717, 1.165) is 17.6 Å². The van der Waals surface area contributed by atoms with Crippen molar-refractivity contribution >= 4 is 10.9 Å². The Morgan fingerprint density at radius 3 is 2.35 bits per heavy atom. The van der Waals surface area contributed by atoms with Crippen LogP contribution < -0.4 is 0 Å². The number of nitrogens with zero attached hydrogens (tertiary/aromatic N) is 1. The SMILES string of the molecule is Cc1ccc(C)c(-c2cc(CC(C)C)c3cc4c(cc3n2)C(C)(C)c2ccccc2-4)c1. The van der Waals surface area contributed by atoms with E-state index in [-0.39, 0.29) is 5.41 Å². The Bertz CT molecular complexity index is 1320. The second-order valence-corrected chi connectivity index (χ2v) is 10.2. The number of rotatable bonds is 3. The second-order valence-electron chi connectivity index (χ2n) is 10.2. The van der Waals surface area contributed by atoms with Crippen LogP contribution in [0.3, 0.4) is 0 Å². The van der Waals surface area contributed by atoms with Crippen molar-refractivity contribution in [1.29, 1.82) is 0 Å². The van der Waals surface area contributed by atoms with Crippen LogP contribution >= 0.6 is 0 Å². The number of aromatic nitrogens is 1. The normalized spacial score (nSPS) is 14.2. The smallest absolute Gasteiger partial charge is 0.0715 e. The Hall–Kier alpha value is -2.93. The number of fused-ring (bicyclic) bond motifs is 4. The van der Waals surface area contributed by atoms with Gasteiger partial charge in [0.2, 0.25) is 0 Å². The van der Waals surface area contributed by atoms with Crippen LogP contribution in [0.4, 0.5) is 0 Å². The fourth-order valence-corrected chi connectivity index (χ4v) is 5.25. The van der Waals surface area contributed by atoms with E-state index in [0.29, 0.717) is 5.92 Å². The van der Waals surface area contributed by atoms with E-state index in [1.54, 1.807) is 0 Å². The summed E-state index contributed by atoms with van der Waals surface area (Å²) in [6.45, 7) is 13.6. The first-order chi connectivity index (χ1) is 14.8. The molecule has 1 aromatic heterocycles. The lowest BCUT2D eigenvalue weighted by atomic mass is 9.82. The molecule has 156 valence electrons. The minimum atomic E-state index is -0.00470. The summed E-state index contributed by atoms with van der Waals surface area (Å²) in [5.41, 5.74) is 13.0. The maximum atomic E-state index is 5.22. The molecule has 1 aliphatic rings. The van der Waals surface area contributed by atoms with Crippen molar-refractivity contribution in [3.63, 3.8) is 0 Å². The van der Waals surface area contributed by atoms with E-state index in [2.05, 4.69) is 102 Å². The van der Waals surface area contributed by atoms with Gasteiger partial charge in [0, 0.05) is 16.4 Å². The molecule has 1 aliphatic carbocycles. The molecule has 0 unspecified atom stereocenters. The Morgan fingerprint density at radius 2 is 1.58 bits per heavy atom. The molecular formula is C30H31N. The second kappa shape index (κ2) is 7.05. The lowest BCUT2D eigenvalue weighted by Crippen LogP contribution is -2.15.